The van der Waals surface area contributed by atoms with E-state index in [-0.39, 0.29) is 0 Å². The minimum absolute atomic E-state index is 0.459. The molecule has 2 heteroatoms. The van der Waals surface area contributed by atoms with Gasteiger partial charge in [0.2, 0.25) is 0 Å². The van der Waals surface area contributed by atoms with Crippen LogP contribution in [0.4, 0.5) is 5.69 Å². The standard InChI is InChI=1S/C25H30N2/c1-3-10-23(24(26)20-11-6-4-7-12-20)25(21-13-8-5-9-14-21)27-22-17-15-19(2)16-18-22/h3,5,8-9,13-18,20H,1,4,6-7,10-12,26H2,2H3/b24-23-,27-25?. The lowest BCUT2D eigenvalue weighted by Gasteiger charge is -2.25. The van der Waals surface area contributed by atoms with Crippen LogP contribution in [0.15, 0.2) is 83.5 Å². The highest BCUT2D eigenvalue weighted by Gasteiger charge is 2.21. The molecule has 0 saturated heterocycles. The Morgan fingerprint density at radius 1 is 1.04 bits per heavy atom. The number of hydrogen-bond acceptors (Lipinski definition) is 2. The highest BCUT2D eigenvalue weighted by molar-refractivity contribution is 6.14. The first kappa shape index (κ1) is 19.2. The van der Waals surface area contributed by atoms with Crippen LogP contribution in [0.3, 0.4) is 0 Å². The average molecular weight is 359 g/mol. The molecule has 1 aliphatic carbocycles. The summed E-state index contributed by atoms with van der Waals surface area (Å²) in [6, 6.07) is 18.7. The van der Waals surface area contributed by atoms with Gasteiger partial charge in [0.1, 0.15) is 0 Å². The summed E-state index contributed by atoms with van der Waals surface area (Å²) in [7, 11) is 0. The summed E-state index contributed by atoms with van der Waals surface area (Å²) in [5.41, 5.74) is 13.1. The number of hydrogen-bond donors (Lipinski definition) is 1. The van der Waals surface area contributed by atoms with E-state index >= 15 is 0 Å². The van der Waals surface area contributed by atoms with Gasteiger partial charge in [-0.1, -0.05) is 73.4 Å². The van der Waals surface area contributed by atoms with Gasteiger partial charge in [0.05, 0.1) is 11.4 Å². The van der Waals surface area contributed by atoms with E-state index in [1.54, 1.807) is 0 Å². The van der Waals surface area contributed by atoms with Gasteiger partial charge in [-0.3, -0.25) is 0 Å². The number of nitrogens with zero attached hydrogens (tertiary/aromatic N) is 1. The number of nitrogens with two attached hydrogens (primary N) is 1. The van der Waals surface area contributed by atoms with E-state index in [9.17, 15) is 0 Å². The first-order valence-electron chi connectivity index (χ1n) is 9.99. The molecule has 2 nitrogen and oxygen atoms in total. The van der Waals surface area contributed by atoms with Crippen LogP contribution in [0.25, 0.3) is 0 Å². The second kappa shape index (κ2) is 9.36. The third kappa shape index (κ3) is 4.97. The zero-order valence-electron chi connectivity index (χ0n) is 16.3. The number of allylic oxidation sites excluding steroid dienone is 3. The van der Waals surface area contributed by atoms with Gasteiger partial charge in [-0.15, -0.1) is 6.58 Å². The molecular weight excluding hydrogens is 328 g/mol. The maximum absolute atomic E-state index is 6.75. The monoisotopic (exact) mass is 358 g/mol. The van der Waals surface area contributed by atoms with Crippen LogP contribution < -0.4 is 5.73 Å². The Labute approximate surface area is 163 Å². The molecule has 0 bridgehead atoms. The van der Waals surface area contributed by atoms with Gasteiger partial charge >= 0.3 is 0 Å². The lowest BCUT2D eigenvalue weighted by Crippen LogP contribution is -2.21. The van der Waals surface area contributed by atoms with Crippen LogP contribution in [-0.2, 0) is 0 Å². The maximum atomic E-state index is 6.75. The van der Waals surface area contributed by atoms with Gasteiger partial charge in [0.15, 0.2) is 0 Å². The molecule has 140 valence electrons. The molecule has 0 aromatic heterocycles. The Morgan fingerprint density at radius 3 is 2.33 bits per heavy atom. The Morgan fingerprint density at radius 2 is 1.70 bits per heavy atom. The van der Waals surface area contributed by atoms with Gasteiger partial charge in [-0.25, -0.2) is 4.99 Å². The zero-order valence-corrected chi connectivity index (χ0v) is 16.3. The summed E-state index contributed by atoms with van der Waals surface area (Å²) in [5.74, 6) is 0.459. The van der Waals surface area contributed by atoms with Crippen molar-refractivity contribution in [2.45, 2.75) is 45.4 Å². The van der Waals surface area contributed by atoms with Crippen molar-refractivity contribution < 1.29 is 0 Å². The predicted octanol–water partition coefficient (Wildman–Crippen LogP) is 6.49. The normalized spacial score (nSPS) is 16.7. The molecular formula is C25H30N2. The van der Waals surface area contributed by atoms with Crippen molar-refractivity contribution in [1.82, 2.24) is 0 Å². The highest BCUT2D eigenvalue weighted by atomic mass is 14.8. The summed E-state index contributed by atoms with van der Waals surface area (Å²) in [6.07, 6.45) is 8.90. The molecule has 0 atom stereocenters. The molecule has 2 aromatic carbocycles. The fraction of sp³-hybridized carbons (Fsp3) is 0.320. The smallest absolute Gasteiger partial charge is 0.0761 e. The largest absolute Gasteiger partial charge is 0.402 e. The second-order valence-corrected chi connectivity index (χ2v) is 7.42. The topological polar surface area (TPSA) is 38.4 Å². The lowest BCUT2D eigenvalue weighted by atomic mass is 9.83. The fourth-order valence-electron chi connectivity index (χ4n) is 3.81. The van der Waals surface area contributed by atoms with Crippen LogP contribution in [0.5, 0.6) is 0 Å². The van der Waals surface area contributed by atoms with Crippen molar-refractivity contribution in [2.24, 2.45) is 16.6 Å². The molecule has 2 N–H and O–H groups in total. The third-order valence-corrected chi connectivity index (χ3v) is 5.35. The Bertz CT molecular complexity index is 807. The molecule has 3 rings (SSSR count). The molecule has 1 fully saturated rings. The van der Waals surface area contributed by atoms with Gasteiger partial charge in [0, 0.05) is 16.8 Å². The van der Waals surface area contributed by atoms with Gasteiger partial charge in [-0.2, -0.15) is 0 Å². The molecule has 0 spiro atoms. The quantitative estimate of drug-likeness (QED) is 0.465. The summed E-state index contributed by atoms with van der Waals surface area (Å²) < 4.78 is 0. The second-order valence-electron chi connectivity index (χ2n) is 7.42. The van der Waals surface area contributed by atoms with Crippen molar-refractivity contribution in [3.63, 3.8) is 0 Å². The number of benzene rings is 2. The summed E-state index contributed by atoms with van der Waals surface area (Å²) in [4.78, 5) is 5.04. The van der Waals surface area contributed by atoms with Crippen LogP contribution in [0.1, 0.15) is 49.7 Å². The molecule has 1 saturated carbocycles. The predicted molar refractivity (Wildman–Crippen MR) is 116 cm³/mol. The first-order chi connectivity index (χ1) is 13.2. The fourth-order valence-corrected chi connectivity index (χ4v) is 3.81. The highest BCUT2D eigenvalue weighted by Crippen LogP contribution is 2.31. The lowest BCUT2D eigenvalue weighted by molar-refractivity contribution is 0.398. The minimum atomic E-state index is 0.459. The van der Waals surface area contributed by atoms with Crippen LogP contribution in [-0.4, -0.2) is 5.71 Å². The van der Waals surface area contributed by atoms with E-state index in [1.165, 1.54) is 37.7 Å². The van der Waals surface area contributed by atoms with Crippen molar-refractivity contribution in [1.29, 1.82) is 0 Å². The molecule has 0 heterocycles. The van der Waals surface area contributed by atoms with Gasteiger partial charge in [-0.05, 0) is 44.2 Å². The molecule has 2 aromatic rings. The molecule has 0 unspecified atom stereocenters. The molecule has 0 radical (unpaired) electrons. The number of rotatable bonds is 6. The molecule has 1 aliphatic rings. The number of aryl methyl sites for hydroxylation is 1. The van der Waals surface area contributed by atoms with Crippen molar-refractivity contribution >= 4 is 11.4 Å². The minimum Gasteiger partial charge on any atom is -0.402 e. The van der Waals surface area contributed by atoms with Crippen LogP contribution >= 0.6 is 0 Å². The van der Waals surface area contributed by atoms with Gasteiger partial charge in [0.25, 0.3) is 0 Å². The zero-order chi connectivity index (χ0) is 19.1. The molecule has 27 heavy (non-hydrogen) atoms. The maximum Gasteiger partial charge on any atom is 0.0761 e. The van der Waals surface area contributed by atoms with E-state index < -0.39 is 0 Å². The first-order valence-corrected chi connectivity index (χ1v) is 9.99. The van der Waals surface area contributed by atoms with E-state index in [1.807, 2.05) is 12.1 Å². The van der Waals surface area contributed by atoms with Crippen molar-refractivity contribution in [3.05, 3.63) is 89.6 Å². The van der Waals surface area contributed by atoms with Crippen LogP contribution in [0, 0.1) is 12.8 Å². The van der Waals surface area contributed by atoms with E-state index in [2.05, 4.69) is 62.0 Å². The van der Waals surface area contributed by atoms with Crippen molar-refractivity contribution in [2.75, 3.05) is 0 Å². The van der Waals surface area contributed by atoms with E-state index in [0.717, 1.165) is 34.7 Å². The SMILES string of the molecule is C=CC/C(C(=Nc1ccc(C)cc1)c1ccccc1)=C(/N)C1CCCCC1. The average Bonchev–Trinajstić information content (AvgIpc) is 2.73. The summed E-state index contributed by atoms with van der Waals surface area (Å²) in [5, 5.41) is 0. The van der Waals surface area contributed by atoms with Crippen LogP contribution in [0.2, 0.25) is 0 Å². The summed E-state index contributed by atoms with van der Waals surface area (Å²) in [6.45, 7) is 6.07. The van der Waals surface area contributed by atoms with Crippen molar-refractivity contribution in [3.8, 4) is 0 Å². The third-order valence-electron chi connectivity index (χ3n) is 5.35. The number of aliphatic imine (C=N–C) groups is 1. The Kier molecular flexibility index (Phi) is 6.64. The summed E-state index contributed by atoms with van der Waals surface area (Å²) >= 11 is 0. The van der Waals surface area contributed by atoms with Gasteiger partial charge < -0.3 is 5.73 Å². The Balaban J connectivity index is 2.11. The van der Waals surface area contributed by atoms with E-state index in [4.69, 9.17) is 10.7 Å². The molecule has 0 aliphatic heterocycles. The Hall–Kier alpha value is -2.61. The molecule has 0 amide bonds. The van der Waals surface area contributed by atoms with E-state index in [0.29, 0.717) is 5.92 Å².